The molecule has 0 amide bonds. The molecule has 0 bridgehead atoms. The molecule has 14 atom stereocenters. The maximum Gasteiger partial charge on any atom is 0.331 e. The number of aliphatic hydroxyl groups is 6. The van der Waals surface area contributed by atoms with Crippen molar-refractivity contribution in [1.29, 1.82) is 0 Å². The van der Waals surface area contributed by atoms with Crippen molar-refractivity contribution < 1.29 is 49.6 Å². The summed E-state index contributed by atoms with van der Waals surface area (Å²) < 4.78 is 17.0. The fourth-order valence-corrected chi connectivity index (χ4v) is 9.90. The molecule has 6 rings (SSSR count). The Bertz CT molecular complexity index is 1000. The highest BCUT2D eigenvalue weighted by Gasteiger charge is 2.71. The van der Waals surface area contributed by atoms with Gasteiger partial charge in [0.1, 0.15) is 24.9 Å². The molecular weight excluding hydrogens is 508 g/mol. The average molecular weight is 553 g/mol. The minimum absolute atomic E-state index is 0.0352. The van der Waals surface area contributed by atoms with Gasteiger partial charge in [-0.3, -0.25) is 0 Å². The molecule has 0 unspecified atom stereocenters. The summed E-state index contributed by atoms with van der Waals surface area (Å²) in [6.45, 7) is 3.78. The Balaban J connectivity index is 1.21. The lowest BCUT2D eigenvalue weighted by Crippen LogP contribution is -2.68. The average Bonchev–Trinajstić information content (AvgIpc) is 3.47. The largest absolute Gasteiger partial charge is 0.458 e. The van der Waals surface area contributed by atoms with Gasteiger partial charge in [0, 0.05) is 18.1 Å². The van der Waals surface area contributed by atoms with Crippen molar-refractivity contribution in [2.24, 2.45) is 34.5 Å². The van der Waals surface area contributed by atoms with Gasteiger partial charge in [-0.05, 0) is 93.0 Å². The Labute approximate surface area is 229 Å². The van der Waals surface area contributed by atoms with Crippen LogP contribution in [0.4, 0.5) is 0 Å². The van der Waals surface area contributed by atoms with Crippen LogP contribution in [0.3, 0.4) is 0 Å². The summed E-state index contributed by atoms with van der Waals surface area (Å²) in [7, 11) is 0. The van der Waals surface area contributed by atoms with Gasteiger partial charge in [-0.15, -0.1) is 0 Å². The first kappa shape index (κ1) is 28.0. The van der Waals surface area contributed by atoms with E-state index in [2.05, 4.69) is 0 Å². The number of rotatable bonds is 4. The summed E-state index contributed by atoms with van der Waals surface area (Å²) in [4.78, 5) is 11.8. The van der Waals surface area contributed by atoms with Crippen LogP contribution in [-0.4, -0.2) is 98.3 Å². The van der Waals surface area contributed by atoms with Crippen molar-refractivity contribution in [3.8, 4) is 0 Å². The van der Waals surface area contributed by atoms with E-state index >= 15 is 0 Å². The molecule has 5 fully saturated rings. The Morgan fingerprint density at radius 2 is 1.77 bits per heavy atom. The van der Waals surface area contributed by atoms with E-state index in [0.717, 1.165) is 18.4 Å². The first-order valence-corrected chi connectivity index (χ1v) is 14.7. The topological polar surface area (TPSA) is 166 Å². The summed E-state index contributed by atoms with van der Waals surface area (Å²) >= 11 is 0. The smallest absolute Gasteiger partial charge is 0.331 e. The van der Waals surface area contributed by atoms with E-state index in [0.29, 0.717) is 38.5 Å². The summed E-state index contributed by atoms with van der Waals surface area (Å²) in [5.41, 5.74) is -1.51. The number of hydrogen-bond acceptors (Lipinski definition) is 10. The third-order valence-electron chi connectivity index (χ3n) is 12.2. The van der Waals surface area contributed by atoms with Gasteiger partial charge in [-0.25, -0.2) is 4.79 Å². The molecule has 10 heteroatoms. The second-order valence-corrected chi connectivity index (χ2v) is 13.5. The summed E-state index contributed by atoms with van der Waals surface area (Å²) in [5, 5.41) is 65.6. The number of esters is 1. The van der Waals surface area contributed by atoms with Crippen LogP contribution in [0.15, 0.2) is 11.6 Å². The molecule has 1 saturated heterocycles. The van der Waals surface area contributed by atoms with Crippen molar-refractivity contribution in [2.75, 3.05) is 13.2 Å². The van der Waals surface area contributed by atoms with Crippen LogP contribution < -0.4 is 0 Å². The molecule has 10 nitrogen and oxygen atoms in total. The Morgan fingerprint density at radius 1 is 1.00 bits per heavy atom. The lowest BCUT2D eigenvalue weighted by Gasteiger charge is -2.65. The SMILES string of the molecule is C[C@H]1O[C@@H](O[C@H]2CC[C@@]3(CO)[C@@H](CC[C@@H]4[C@H]3C[C@@H](O)[C@]3(C)[C@@H](C5=CC(=O)OC5)CC[C@]43O)C2)[C@H](O)[C@H](O)[C@H]1O. The zero-order valence-electron chi connectivity index (χ0n) is 22.8. The fraction of sp³-hybridized carbons (Fsp3) is 0.897. The van der Waals surface area contributed by atoms with Crippen molar-refractivity contribution in [3.05, 3.63) is 11.6 Å². The van der Waals surface area contributed by atoms with E-state index in [1.54, 1.807) is 6.92 Å². The zero-order valence-corrected chi connectivity index (χ0v) is 22.8. The number of aliphatic hydroxyl groups excluding tert-OH is 5. The number of carbonyl (C=O) groups is 1. The minimum Gasteiger partial charge on any atom is -0.458 e. The second kappa shape index (κ2) is 9.73. The first-order valence-electron chi connectivity index (χ1n) is 14.7. The van der Waals surface area contributed by atoms with Gasteiger partial charge in [-0.2, -0.15) is 0 Å². The molecule has 220 valence electrons. The molecule has 2 heterocycles. The summed E-state index contributed by atoms with van der Waals surface area (Å²) in [6, 6.07) is 0. The molecule has 0 aromatic rings. The minimum atomic E-state index is -1.36. The number of carbonyl (C=O) groups excluding carboxylic acids is 1. The van der Waals surface area contributed by atoms with Crippen LogP contribution in [0.5, 0.6) is 0 Å². The Kier molecular flexibility index (Phi) is 6.99. The normalized spacial score (nSPS) is 55.3. The van der Waals surface area contributed by atoms with Gasteiger partial charge in [-0.1, -0.05) is 6.92 Å². The highest BCUT2D eigenvalue weighted by molar-refractivity contribution is 5.85. The van der Waals surface area contributed by atoms with Gasteiger partial charge in [0.15, 0.2) is 6.29 Å². The quantitative estimate of drug-likeness (QED) is 0.212. The molecule has 6 aliphatic rings. The molecule has 0 aromatic heterocycles. The van der Waals surface area contributed by atoms with Gasteiger partial charge >= 0.3 is 5.97 Å². The predicted molar refractivity (Wildman–Crippen MR) is 136 cm³/mol. The highest BCUT2D eigenvalue weighted by Crippen LogP contribution is 2.70. The molecule has 2 aliphatic heterocycles. The van der Waals surface area contributed by atoms with E-state index in [9.17, 15) is 35.4 Å². The van der Waals surface area contributed by atoms with Gasteiger partial charge in [0.2, 0.25) is 0 Å². The lowest BCUT2D eigenvalue weighted by molar-refractivity contribution is -0.312. The molecule has 39 heavy (non-hydrogen) atoms. The molecule has 6 N–H and O–H groups in total. The fourth-order valence-electron chi connectivity index (χ4n) is 9.90. The number of hydrogen-bond donors (Lipinski definition) is 6. The zero-order chi connectivity index (χ0) is 27.9. The van der Waals surface area contributed by atoms with Crippen LogP contribution in [0, 0.1) is 34.5 Å². The first-order chi connectivity index (χ1) is 18.5. The van der Waals surface area contributed by atoms with Crippen LogP contribution >= 0.6 is 0 Å². The van der Waals surface area contributed by atoms with E-state index in [4.69, 9.17) is 14.2 Å². The summed E-state index contributed by atoms with van der Waals surface area (Å²) in [6.07, 6.45) is 0.0610. The monoisotopic (exact) mass is 552 g/mol. The van der Waals surface area contributed by atoms with Crippen molar-refractivity contribution >= 4 is 5.97 Å². The van der Waals surface area contributed by atoms with E-state index < -0.39 is 53.2 Å². The second-order valence-electron chi connectivity index (χ2n) is 13.5. The summed E-state index contributed by atoms with van der Waals surface area (Å²) in [5.74, 6) is -0.515. The van der Waals surface area contributed by atoms with Crippen molar-refractivity contribution in [3.63, 3.8) is 0 Å². The third kappa shape index (κ3) is 3.93. The molecular formula is C29H44O10. The lowest BCUT2D eigenvalue weighted by atomic mass is 9.42. The van der Waals surface area contributed by atoms with Gasteiger partial charge in [0.05, 0.1) is 23.9 Å². The van der Waals surface area contributed by atoms with Gasteiger partial charge < -0.3 is 44.8 Å². The maximum absolute atomic E-state index is 12.4. The van der Waals surface area contributed by atoms with Crippen molar-refractivity contribution in [2.45, 2.75) is 114 Å². The van der Waals surface area contributed by atoms with E-state index in [-0.39, 0.29) is 49.0 Å². The molecule has 0 spiro atoms. The van der Waals surface area contributed by atoms with Crippen LogP contribution in [0.2, 0.25) is 0 Å². The Hall–Kier alpha value is -1.11. The van der Waals surface area contributed by atoms with Crippen LogP contribution in [0.25, 0.3) is 0 Å². The Morgan fingerprint density at radius 3 is 2.46 bits per heavy atom. The third-order valence-corrected chi connectivity index (χ3v) is 12.2. The standard InChI is InChI=1S/C29H44O10/c1-14-23(33)24(34)25(35)26(38-14)39-17-5-7-28(13-30)16(10-17)3-4-19-20(28)11-21(31)27(2)18(6-8-29(19,27)36)15-9-22(32)37-12-15/h9,14,16-21,23-26,30-31,33-36H,3-8,10-13H2,1-2H3/t14-,16+,17+,18-,19-,20-,21-,23+,24-,25-,26+,27+,28-,29+/m1/s1. The predicted octanol–water partition coefficient (Wildman–Crippen LogP) is 0.399. The molecule has 0 radical (unpaired) electrons. The molecule has 0 aromatic carbocycles. The molecule has 4 aliphatic carbocycles. The number of ether oxygens (including phenoxy) is 3. The number of cyclic esters (lactones) is 1. The van der Waals surface area contributed by atoms with E-state index in [1.165, 1.54) is 6.08 Å². The van der Waals surface area contributed by atoms with Gasteiger partial charge in [0.25, 0.3) is 0 Å². The maximum atomic E-state index is 12.4. The van der Waals surface area contributed by atoms with Crippen molar-refractivity contribution in [1.82, 2.24) is 0 Å². The molecule has 4 saturated carbocycles. The van der Waals surface area contributed by atoms with E-state index in [1.807, 2.05) is 6.92 Å². The highest BCUT2D eigenvalue weighted by atomic mass is 16.7. The van der Waals surface area contributed by atoms with Crippen LogP contribution in [-0.2, 0) is 19.0 Å². The van der Waals surface area contributed by atoms with Crippen LogP contribution in [0.1, 0.15) is 65.2 Å². The number of fused-ring (bicyclic) bond motifs is 5.